The average molecular weight is 291 g/mol. The highest BCUT2D eigenvalue weighted by molar-refractivity contribution is 5.56. The smallest absolute Gasteiger partial charge is 0.0608 e. The van der Waals surface area contributed by atoms with Gasteiger partial charge in [0.1, 0.15) is 0 Å². The van der Waals surface area contributed by atoms with Crippen molar-refractivity contribution in [2.45, 2.75) is 32.7 Å². The first-order chi connectivity index (χ1) is 9.93. The molecule has 1 atom stereocenters. The molecule has 1 unspecified atom stereocenters. The summed E-state index contributed by atoms with van der Waals surface area (Å²) in [6.45, 7) is 11.6. The van der Waals surface area contributed by atoms with E-state index in [-0.39, 0.29) is 6.61 Å². The first kappa shape index (κ1) is 16.3. The standard InChI is InChI=1S/C17H29N3O/c1-14-5-4-6-16(15(14)2)20-11-9-19(10-12-20)8-7-17(3,18)13-21/h4-6,21H,7-13,18H2,1-3H3. The van der Waals surface area contributed by atoms with Gasteiger partial charge in [0.2, 0.25) is 0 Å². The molecule has 21 heavy (non-hydrogen) atoms. The molecule has 4 heteroatoms. The van der Waals surface area contributed by atoms with E-state index in [1.807, 2.05) is 6.92 Å². The minimum absolute atomic E-state index is 0.0510. The van der Waals surface area contributed by atoms with Gasteiger partial charge in [0.25, 0.3) is 0 Å². The van der Waals surface area contributed by atoms with E-state index in [1.165, 1.54) is 16.8 Å². The molecular formula is C17H29N3O. The molecule has 3 N–H and O–H groups in total. The van der Waals surface area contributed by atoms with Crippen molar-refractivity contribution in [1.29, 1.82) is 0 Å². The number of nitrogens with zero attached hydrogens (tertiary/aromatic N) is 2. The second kappa shape index (κ2) is 6.77. The van der Waals surface area contributed by atoms with E-state index < -0.39 is 5.54 Å². The van der Waals surface area contributed by atoms with E-state index in [4.69, 9.17) is 5.73 Å². The molecule has 1 aromatic carbocycles. The van der Waals surface area contributed by atoms with Gasteiger partial charge in [-0.05, 0) is 44.4 Å². The van der Waals surface area contributed by atoms with Gasteiger partial charge in [-0.2, -0.15) is 0 Å². The van der Waals surface area contributed by atoms with Crippen molar-refractivity contribution in [3.05, 3.63) is 29.3 Å². The molecule has 1 saturated heterocycles. The predicted octanol–water partition coefficient (Wildman–Crippen LogP) is 1.53. The number of hydrogen-bond acceptors (Lipinski definition) is 4. The number of aliphatic hydroxyl groups is 1. The summed E-state index contributed by atoms with van der Waals surface area (Å²) in [6, 6.07) is 6.54. The summed E-state index contributed by atoms with van der Waals surface area (Å²) in [4.78, 5) is 4.93. The van der Waals surface area contributed by atoms with Crippen LogP contribution in [0.25, 0.3) is 0 Å². The zero-order valence-corrected chi connectivity index (χ0v) is 13.6. The molecule has 2 rings (SSSR count). The van der Waals surface area contributed by atoms with Crippen LogP contribution in [0.1, 0.15) is 24.5 Å². The van der Waals surface area contributed by atoms with Gasteiger partial charge < -0.3 is 15.7 Å². The molecule has 1 fully saturated rings. The summed E-state index contributed by atoms with van der Waals surface area (Å²) >= 11 is 0. The van der Waals surface area contributed by atoms with Gasteiger partial charge in [-0.3, -0.25) is 4.90 Å². The summed E-state index contributed by atoms with van der Waals surface area (Å²) in [6.07, 6.45) is 0.840. The maximum absolute atomic E-state index is 9.22. The van der Waals surface area contributed by atoms with Gasteiger partial charge in [0.15, 0.2) is 0 Å². The van der Waals surface area contributed by atoms with Crippen molar-refractivity contribution < 1.29 is 5.11 Å². The molecule has 0 radical (unpaired) electrons. The topological polar surface area (TPSA) is 52.7 Å². The number of anilines is 1. The highest BCUT2D eigenvalue weighted by atomic mass is 16.3. The number of rotatable bonds is 5. The number of benzene rings is 1. The molecule has 0 aliphatic carbocycles. The molecule has 0 saturated carbocycles. The normalized spacial score (nSPS) is 19.6. The fourth-order valence-electron chi connectivity index (χ4n) is 2.78. The van der Waals surface area contributed by atoms with Crippen LogP contribution >= 0.6 is 0 Å². The van der Waals surface area contributed by atoms with Gasteiger partial charge in [0, 0.05) is 44.0 Å². The summed E-state index contributed by atoms with van der Waals surface area (Å²) in [7, 11) is 0. The quantitative estimate of drug-likeness (QED) is 0.864. The third kappa shape index (κ3) is 4.19. The van der Waals surface area contributed by atoms with Crippen molar-refractivity contribution in [3.63, 3.8) is 0 Å². The van der Waals surface area contributed by atoms with Crippen LogP contribution in [-0.2, 0) is 0 Å². The lowest BCUT2D eigenvalue weighted by Gasteiger charge is -2.38. The highest BCUT2D eigenvalue weighted by Gasteiger charge is 2.22. The van der Waals surface area contributed by atoms with E-state index in [0.29, 0.717) is 0 Å². The van der Waals surface area contributed by atoms with Crippen LogP contribution in [0.3, 0.4) is 0 Å². The van der Waals surface area contributed by atoms with Crippen molar-refractivity contribution in [2.75, 3.05) is 44.2 Å². The monoisotopic (exact) mass is 291 g/mol. The SMILES string of the molecule is Cc1cccc(N2CCN(CCC(C)(N)CO)CC2)c1C. The second-order valence-corrected chi connectivity index (χ2v) is 6.61. The van der Waals surface area contributed by atoms with Crippen molar-refractivity contribution in [3.8, 4) is 0 Å². The van der Waals surface area contributed by atoms with Crippen LogP contribution in [0, 0.1) is 13.8 Å². The molecule has 0 bridgehead atoms. The third-order valence-electron chi connectivity index (χ3n) is 4.65. The lowest BCUT2D eigenvalue weighted by Crippen LogP contribution is -2.49. The average Bonchev–Trinajstić information content (AvgIpc) is 2.49. The Labute approximate surface area is 128 Å². The molecule has 1 aliphatic heterocycles. The molecule has 1 heterocycles. The first-order valence-corrected chi connectivity index (χ1v) is 7.86. The highest BCUT2D eigenvalue weighted by Crippen LogP contribution is 2.24. The Balaban J connectivity index is 1.87. The number of hydrogen-bond donors (Lipinski definition) is 2. The molecule has 118 valence electrons. The first-order valence-electron chi connectivity index (χ1n) is 7.86. The number of aliphatic hydroxyl groups excluding tert-OH is 1. The van der Waals surface area contributed by atoms with Gasteiger partial charge in [0.05, 0.1) is 6.61 Å². The minimum atomic E-state index is -0.454. The number of aryl methyl sites for hydroxylation is 1. The largest absolute Gasteiger partial charge is 0.394 e. The Morgan fingerprint density at radius 3 is 2.48 bits per heavy atom. The molecule has 0 spiro atoms. The third-order valence-corrected chi connectivity index (χ3v) is 4.65. The van der Waals surface area contributed by atoms with Crippen LogP contribution < -0.4 is 10.6 Å². The molecule has 0 aromatic heterocycles. The molecular weight excluding hydrogens is 262 g/mol. The van der Waals surface area contributed by atoms with Crippen LogP contribution in [0.4, 0.5) is 5.69 Å². The van der Waals surface area contributed by atoms with E-state index in [1.54, 1.807) is 0 Å². The van der Waals surface area contributed by atoms with Crippen LogP contribution in [0.5, 0.6) is 0 Å². The summed E-state index contributed by atoms with van der Waals surface area (Å²) in [5, 5.41) is 9.22. The lowest BCUT2D eigenvalue weighted by molar-refractivity contribution is 0.171. The minimum Gasteiger partial charge on any atom is -0.394 e. The summed E-state index contributed by atoms with van der Waals surface area (Å²) in [5.74, 6) is 0. The second-order valence-electron chi connectivity index (χ2n) is 6.61. The molecule has 1 aliphatic rings. The number of piperazine rings is 1. The van der Waals surface area contributed by atoms with E-state index >= 15 is 0 Å². The van der Waals surface area contributed by atoms with Gasteiger partial charge in [-0.15, -0.1) is 0 Å². The number of nitrogens with two attached hydrogens (primary N) is 1. The fourth-order valence-corrected chi connectivity index (χ4v) is 2.78. The van der Waals surface area contributed by atoms with E-state index in [2.05, 4.69) is 41.8 Å². The lowest BCUT2D eigenvalue weighted by atomic mass is 10.0. The molecule has 0 amide bonds. The zero-order valence-electron chi connectivity index (χ0n) is 13.6. The Kier molecular flexibility index (Phi) is 5.25. The van der Waals surface area contributed by atoms with Gasteiger partial charge in [-0.25, -0.2) is 0 Å². The maximum atomic E-state index is 9.22. The van der Waals surface area contributed by atoms with Crippen molar-refractivity contribution >= 4 is 5.69 Å². The Morgan fingerprint density at radius 1 is 1.19 bits per heavy atom. The predicted molar refractivity (Wildman–Crippen MR) is 88.9 cm³/mol. The van der Waals surface area contributed by atoms with E-state index in [0.717, 1.165) is 39.1 Å². The Morgan fingerprint density at radius 2 is 1.86 bits per heavy atom. The Hall–Kier alpha value is -1.10. The van der Waals surface area contributed by atoms with Crippen LogP contribution in [0.15, 0.2) is 18.2 Å². The van der Waals surface area contributed by atoms with Crippen molar-refractivity contribution in [2.24, 2.45) is 5.73 Å². The van der Waals surface area contributed by atoms with Crippen LogP contribution in [0.2, 0.25) is 0 Å². The van der Waals surface area contributed by atoms with Gasteiger partial charge in [-0.1, -0.05) is 12.1 Å². The molecule has 1 aromatic rings. The zero-order chi connectivity index (χ0) is 15.5. The fraction of sp³-hybridized carbons (Fsp3) is 0.647. The summed E-state index contributed by atoms with van der Waals surface area (Å²) in [5.41, 5.74) is 9.66. The Bertz CT molecular complexity index is 465. The van der Waals surface area contributed by atoms with Crippen LogP contribution in [-0.4, -0.2) is 54.9 Å². The van der Waals surface area contributed by atoms with Crippen molar-refractivity contribution in [1.82, 2.24) is 4.90 Å². The van der Waals surface area contributed by atoms with E-state index in [9.17, 15) is 5.11 Å². The van der Waals surface area contributed by atoms with Gasteiger partial charge >= 0.3 is 0 Å². The molecule has 4 nitrogen and oxygen atoms in total. The summed E-state index contributed by atoms with van der Waals surface area (Å²) < 4.78 is 0. The maximum Gasteiger partial charge on any atom is 0.0608 e.